The zero-order valence-electron chi connectivity index (χ0n) is 10.3. The SMILES string of the molecule is CCC(NC(=O)[C@@H](N)Cc1ccccc1)C(=O)O. The predicted octanol–water partition coefficient (Wildman–Crippen LogP) is 0.536. The first kappa shape index (κ1) is 14.2. The van der Waals surface area contributed by atoms with Crippen LogP contribution >= 0.6 is 0 Å². The minimum Gasteiger partial charge on any atom is -0.480 e. The van der Waals surface area contributed by atoms with Gasteiger partial charge in [0.15, 0.2) is 0 Å². The Morgan fingerprint density at radius 1 is 1.33 bits per heavy atom. The van der Waals surface area contributed by atoms with Gasteiger partial charge in [0.05, 0.1) is 6.04 Å². The monoisotopic (exact) mass is 250 g/mol. The number of carboxylic acid groups (broad SMARTS) is 1. The molecule has 0 saturated carbocycles. The van der Waals surface area contributed by atoms with Crippen molar-refractivity contribution in [3.05, 3.63) is 35.9 Å². The van der Waals surface area contributed by atoms with Crippen LogP contribution in [0.25, 0.3) is 0 Å². The molecule has 0 spiro atoms. The minimum atomic E-state index is -1.04. The van der Waals surface area contributed by atoms with Crippen molar-refractivity contribution >= 4 is 11.9 Å². The Labute approximate surface area is 106 Å². The second-order valence-electron chi connectivity index (χ2n) is 4.10. The van der Waals surface area contributed by atoms with Gasteiger partial charge in [0.1, 0.15) is 6.04 Å². The van der Waals surface area contributed by atoms with Crippen LogP contribution in [0.3, 0.4) is 0 Å². The number of hydrogen-bond acceptors (Lipinski definition) is 3. The Morgan fingerprint density at radius 3 is 2.44 bits per heavy atom. The summed E-state index contributed by atoms with van der Waals surface area (Å²) in [4.78, 5) is 22.5. The first-order chi connectivity index (χ1) is 8.54. The third-order valence-electron chi connectivity index (χ3n) is 2.66. The molecule has 0 bridgehead atoms. The quantitative estimate of drug-likeness (QED) is 0.687. The molecule has 0 heterocycles. The Balaban J connectivity index is 2.54. The molecule has 1 aromatic rings. The van der Waals surface area contributed by atoms with E-state index in [-0.39, 0.29) is 0 Å². The maximum Gasteiger partial charge on any atom is 0.326 e. The van der Waals surface area contributed by atoms with Crippen molar-refractivity contribution in [2.75, 3.05) is 0 Å². The van der Waals surface area contributed by atoms with Gasteiger partial charge in [0.2, 0.25) is 5.91 Å². The average molecular weight is 250 g/mol. The lowest BCUT2D eigenvalue weighted by atomic mass is 10.1. The lowest BCUT2D eigenvalue weighted by Crippen LogP contribution is -2.48. The Bertz CT molecular complexity index is 406. The fourth-order valence-electron chi connectivity index (χ4n) is 1.58. The van der Waals surface area contributed by atoms with Crippen LogP contribution in [0.2, 0.25) is 0 Å². The number of carbonyl (C=O) groups excluding carboxylic acids is 1. The lowest BCUT2D eigenvalue weighted by Gasteiger charge is -2.16. The van der Waals surface area contributed by atoms with Crippen LogP contribution in [0, 0.1) is 0 Å². The molecule has 1 rings (SSSR count). The standard InChI is InChI=1S/C13H18N2O3/c1-2-11(13(17)18)15-12(16)10(14)8-9-6-4-3-5-7-9/h3-7,10-11H,2,8,14H2,1H3,(H,15,16)(H,17,18)/t10-,11?/m0/s1. The summed E-state index contributed by atoms with van der Waals surface area (Å²) in [7, 11) is 0. The number of benzene rings is 1. The summed E-state index contributed by atoms with van der Waals surface area (Å²) in [6.45, 7) is 1.70. The molecule has 4 N–H and O–H groups in total. The lowest BCUT2D eigenvalue weighted by molar-refractivity contribution is -0.142. The van der Waals surface area contributed by atoms with E-state index >= 15 is 0 Å². The fourth-order valence-corrected chi connectivity index (χ4v) is 1.58. The predicted molar refractivity (Wildman–Crippen MR) is 68.0 cm³/mol. The van der Waals surface area contributed by atoms with Crippen LogP contribution in [-0.2, 0) is 16.0 Å². The molecule has 0 aliphatic heterocycles. The van der Waals surface area contributed by atoms with Crippen LogP contribution in [0.15, 0.2) is 30.3 Å². The van der Waals surface area contributed by atoms with Crippen molar-refractivity contribution in [3.8, 4) is 0 Å². The summed E-state index contributed by atoms with van der Waals surface area (Å²) in [5, 5.41) is 11.3. The summed E-state index contributed by atoms with van der Waals surface area (Å²) in [5.74, 6) is -1.48. The number of nitrogens with two attached hydrogens (primary N) is 1. The number of rotatable bonds is 6. The van der Waals surface area contributed by atoms with Gasteiger partial charge in [-0.05, 0) is 18.4 Å². The Kier molecular flexibility index (Phi) is 5.32. The molecule has 0 fully saturated rings. The molecule has 2 atom stereocenters. The average Bonchev–Trinajstić information content (AvgIpc) is 2.36. The molecule has 1 aromatic carbocycles. The molecule has 1 unspecified atom stereocenters. The highest BCUT2D eigenvalue weighted by atomic mass is 16.4. The van der Waals surface area contributed by atoms with Crippen LogP contribution in [-0.4, -0.2) is 29.1 Å². The molecular formula is C13H18N2O3. The number of hydrogen-bond donors (Lipinski definition) is 3. The van der Waals surface area contributed by atoms with Gasteiger partial charge in [0, 0.05) is 0 Å². The van der Waals surface area contributed by atoms with E-state index in [1.54, 1.807) is 6.92 Å². The number of carbonyl (C=O) groups is 2. The van der Waals surface area contributed by atoms with Crippen molar-refractivity contribution in [1.82, 2.24) is 5.32 Å². The normalized spacial score (nSPS) is 13.7. The largest absolute Gasteiger partial charge is 0.480 e. The van der Waals surface area contributed by atoms with Crippen LogP contribution in [0.1, 0.15) is 18.9 Å². The van der Waals surface area contributed by atoms with E-state index < -0.39 is 24.0 Å². The fraction of sp³-hybridized carbons (Fsp3) is 0.385. The number of aliphatic carboxylic acids is 1. The minimum absolute atomic E-state index is 0.332. The maximum absolute atomic E-state index is 11.7. The van der Waals surface area contributed by atoms with Crippen LogP contribution < -0.4 is 11.1 Å². The third-order valence-corrected chi connectivity index (χ3v) is 2.66. The molecular weight excluding hydrogens is 232 g/mol. The molecule has 0 radical (unpaired) electrons. The van der Waals surface area contributed by atoms with E-state index in [0.29, 0.717) is 12.8 Å². The third kappa shape index (κ3) is 4.18. The Morgan fingerprint density at radius 2 is 1.94 bits per heavy atom. The molecule has 98 valence electrons. The van der Waals surface area contributed by atoms with Gasteiger partial charge >= 0.3 is 5.97 Å². The molecule has 18 heavy (non-hydrogen) atoms. The molecule has 0 saturated heterocycles. The second-order valence-corrected chi connectivity index (χ2v) is 4.10. The van der Waals surface area contributed by atoms with Crippen LogP contribution in [0.4, 0.5) is 0 Å². The van der Waals surface area contributed by atoms with E-state index in [0.717, 1.165) is 5.56 Å². The number of amides is 1. The van der Waals surface area contributed by atoms with Gasteiger partial charge in [-0.25, -0.2) is 4.79 Å². The molecule has 0 aliphatic rings. The van der Waals surface area contributed by atoms with E-state index in [2.05, 4.69) is 5.32 Å². The van der Waals surface area contributed by atoms with Crippen molar-refractivity contribution < 1.29 is 14.7 Å². The van der Waals surface area contributed by atoms with Crippen molar-refractivity contribution in [2.24, 2.45) is 5.73 Å². The van der Waals surface area contributed by atoms with E-state index in [1.165, 1.54) is 0 Å². The topological polar surface area (TPSA) is 92.4 Å². The van der Waals surface area contributed by atoms with E-state index in [9.17, 15) is 9.59 Å². The van der Waals surface area contributed by atoms with Crippen molar-refractivity contribution in [2.45, 2.75) is 31.8 Å². The molecule has 0 aliphatic carbocycles. The maximum atomic E-state index is 11.7. The highest BCUT2D eigenvalue weighted by Gasteiger charge is 2.21. The first-order valence-electron chi connectivity index (χ1n) is 5.87. The zero-order valence-corrected chi connectivity index (χ0v) is 10.3. The first-order valence-corrected chi connectivity index (χ1v) is 5.87. The van der Waals surface area contributed by atoms with Gasteiger partial charge in [-0.2, -0.15) is 0 Å². The Hall–Kier alpha value is -1.88. The molecule has 0 aromatic heterocycles. The smallest absolute Gasteiger partial charge is 0.326 e. The summed E-state index contributed by atoms with van der Waals surface area (Å²) in [6.07, 6.45) is 0.724. The summed E-state index contributed by atoms with van der Waals surface area (Å²) in [6, 6.07) is 7.76. The highest BCUT2D eigenvalue weighted by Crippen LogP contribution is 2.02. The zero-order chi connectivity index (χ0) is 13.5. The summed E-state index contributed by atoms with van der Waals surface area (Å²) in [5.41, 5.74) is 6.70. The summed E-state index contributed by atoms with van der Waals surface area (Å²) >= 11 is 0. The molecule has 5 nitrogen and oxygen atoms in total. The van der Waals surface area contributed by atoms with Gasteiger partial charge in [-0.3, -0.25) is 4.79 Å². The molecule has 5 heteroatoms. The number of carboxylic acids is 1. The van der Waals surface area contributed by atoms with Crippen molar-refractivity contribution in [1.29, 1.82) is 0 Å². The van der Waals surface area contributed by atoms with E-state index in [4.69, 9.17) is 10.8 Å². The molecule has 1 amide bonds. The van der Waals surface area contributed by atoms with E-state index in [1.807, 2.05) is 30.3 Å². The van der Waals surface area contributed by atoms with Gasteiger partial charge < -0.3 is 16.2 Å². The van der Waals surface area contributed by atoms with Gasteiger partial charge in [-0.1, -0.05) is 37.3 Å². The van der Waals surface area contributed by atoms with Crippen LogP contribution in [0.5, 0.6) is 0 Å². The second kappa shape index (κ2) is 6.76. The summed E-state index contributed by atoms with van der Waals surface area (Å²) < 4.78 is 0. The van der Waals surface area contributed by atoms with Gasteiger partial charge in [-0.15, -0.1) is 0 Å². The highest BCUT2D eigenvalue weighted by molar-refractivity contribution is 5.86. The number of nitrogens with one attached hydrogen (secondary N) is 1. The van der Waals surface area contributed by atoms with Crippen molar-refractivity contribution in [3.63, 3.8) is 0 Å². The van der Waals surface area contributed by atoms with Gasteiger partial charge in [0.25, 0.3) is 0 Å².